The van der Waals surface area contributed by atoms with E-state index >= 15 is 0 Å². The number of ketones is 1. The number of allylic oxidation sites excluding steroid dienone is 1. The van der Waals surface area contributed by atoms with Gasteiger partial charge in [0.25, 0.3) is 0 Å². The van der Waals surface area contributed by atoms with Crippen molar-refractivity contribution in [2.45, 2.75) is 0 Å². The zero-order chi connectivity index (χ0) is 14.1. The van der Waals surface area contributed by atoms with E-state index in [9.17, 15) is 9.18 Å². The molecule has 0 fully saturated rings. The van der Waals surface area contributed by atoms with E-state index in [0.29, 0.717) is 22.6 Å². The van der Waals surface area contributed by atoms with Gasteiger partial charge in [-0.2, -0.15) is 0 Å². The molecule has 0 saturated carbocycles. The Morgan fingerprint density at radius 2 is 2.00 bits per heavy atom. The molecule has 1 heterocycles. The number of carbonyl (C=O) groups is 1. The van der Waals surface area contributed by atoms with Gasteiger partial charge in [0.15, 0.2) is 5.76 Å². The van der Waals surface area contributed by atoms with Crippen LogP contribution in [0.1, 0.15) is 15.9 Å². The Kier molecular flexibility index (Phi) is 2.99. The molecule has 0 unspecified atom stereocenters. The predicted molar refractivity (Wildman–Crippen MR) is 72.3 cm³/mol. The van der Waals surface area contributed by atoms with Gasteiger partial charge in [-0.3, -0.25) is 4.79 Å². The molecule has 0 N–H and O–H groups in total. The molecule has 0 aromatic heterocycles. The average Bonchev–Trinajstić information content (AvgIpc) is 2.77. The Hall–Kier alpha value is -2.62. The molecule has 1 aliphatic rings. The van der Waals surface area contributed by atoms with Crippen molar-refractivity contribution in [1.82, 2.24) is 0 Å². The third-order valence-electron chi connectivity index (χ3n) is 3.07. The maximum Gasteiger partial charge on any atom is 0.231 e. The lowest BCUT2D eigenvalue weighted by Crippen LogP contribution is -1.98. The van der Waals surface area contributed by atoms with Crippen LogP contribution in [0.2, 0.25) is 0 Å². The molecule has 2 aromatic rings. The van der Waals surface area contributed by atoms with Crippen LogP contribution in [0.15, 0.2) is 48.2 Å². The van der Waals surface area contributed by atoms with Crippen molar-refractivity contribution in [3.8, 4) is 11.5 Å². The predicted octanol–water partition coefficient (Wildman–Crippen LogP) is 3.45. The fraction of sp³-hybridized carbons (Fsp3) is 0.0625. The minimum Gasteiger partial charge on any atom is -0.497 e. The SMILES string of the molecule is COc1ccc2c(c1)O/C(=C\c1ccccc1F)C2=O. The summed E-state index contributed by atoms with van der Waals surface area (Å²) >= 11 is 0. The monoisotopic (exact) mass is 270 g/mol. The van der Waals surface area contributed by atoms with E-state index in [2.05, 4.69) is 0 Å². The van der Waals surface area contributed by atoms with Crippen LogP contribution in [0.5, 0.6) is 11.5 Å². The van der Waals surface area contributed by atoms with Gasteiger partial charge in [0.2, 0.25) is 5.78 Å². The van der Waals surface area contributed by atoms with Crippen molar-refractivity contribution in [3.05, 3.63) is 65.2 Å². The number of fused-ring (bicyclic) bond motifs is 1. The van der Waals surface area contributed by atoms with E-state index in [4.69, 9.17) is 9.47 Å². The van der Waals surface area contributed by atoms with Gasteiger partial charge in [0.05, 0.1) is 12.7 Å². The number of carbonyl (C=O) groups excluding carboxylic acids is 1. The molecular formula is C16H11FO3. The van der Waals surface area contributed by atoms with E-state index in [1.165, 1.54) is 19.3 Å². The molecule has 20 heavy (non-hydrogen) atoms. The van der Waals surface area contributed by atoms with Crippen LogP contribution >= 0.6 is 0 Å². The highest BCUT2D eigenvalue weighted by Gasteiger charge is 2.27. The Morgan fingerprint density at radius 3 is 2.75 bits per heavy atom. The second-order valence-corrected chi connectivity index (χ2v) is 4.32. The largest absolute Gasteiger partial charge is 0.497 e. The molecule has 3 rings (SSSR count). The molecule has 2 aromatic carbocycles. The van der Waals surface area contributed by atoms with Crippen LogP contribution in [-0.2, 0) is 0 Å². The fourth-order valence-corrected chi connectivity index (χ4v) is 2.03. The van der Waals surface area contributed by atoms with Gasteiger partial charge < -0.3 is 9.47 Å². The van der Waals surface area contributed by atoms with E-state index in [0.717, 1.165) is 0 Å². The third kappa shape index (κ3) is 2.05. The summed E-state index contributed by atoms with van der Waals surface area (Å²) in [4.78, 5) is 12.2. The summed E-state index contributed by atoms with van der Waals surface area (Å²) in [6.45, 7) is 0. The zero-order valence-corrected chi connectivity index (χ0v) is 10.7. The fourth-order valence-electron chi connectivity index (χ4n) is 2.03. The van der Waals surface area contributed by atoms with Crippen LogP contribution in [0, 0.1) is 5.82 Å². The Balaban J connectivity index is 1.99. The van der Waals surface area contributed by atoms with Crippen LogP contribution in [-0.4, -0.2) is 12.9 Å². The van der Waals surface area contributed by atoms with Crippen molar-refractivity contribution >= 4 is 11.9 Å². The summed E-state index contributed by atoms with van der Waals surface area (Å²) in [6.07, 6.45) is 1.41. The molecule has 4 heteroatoms. The van der Waals surface area contributed by atoms with E-state index in [1.807, 2.05) is 0 Å². The summed E-state index contributed by atoms with van der Waals surface area (Å²) in [5.41, 5.74) is 0.768. The molecular weight excluding hydrogens is 259 g/mol. The average molecular weight is 270 g/mol. The second kappa shape index (κ2) is 4.81. The minimum absolute atomic E-state index is 0.110. The first-order valence-corrected chi connectivity index (χ1v) is 6.06. The molecule has 0 bridgehead atoms. The van der Waals surface area contributed by atoms with Crippen molar-refractivity contribution in [2.75, 3.05) is 7.11 Å². The number of hydrogen-bond donors (Lipinski definition) is 0. The van der Waals surface area contributed by atoms with E-state index < -0.39 is 5.82 Å². The first kappa shape index (κ1) is 12.4. The second-order valence-electron chi connectivity index (χ2n) is 4.32. The lowest BCUT2D eigenvalue weighted by molar-refractivity contribution is 0.101. The Bertz CT molecular complexity index is 719. The first-order chi connectivity index (χ1) is 9.69. The van der Waals surface area contributed by atoms with Gasteiger partial charge in [0.1, 0.15) is 17.3 Å². The minimum atomic E-state index is -0.398. The molecule has 0 amide bonds. The third-order valence-corrected chi connectivity index (χ3v) is 3.07. The maximum atomic E-state index is 13.6. The van der Waals surface area contributed by atoms with E-state index in [1.54, 1.807) is 36.4 Å². The highest BCUT2D eigenvalue weighted by atomic mass is 19.1. The zero-order valence-electron chi connectivity index (χ0n) is 10.7. The smallest absolute Gasteiger partial charge is 0.231 e. The van der Waals surface area contributed by atoms with Gasteiger partial charge in [-0.15, -0.1) is 0 Å². The maximum absolute atomic E-state index is 13.6. The van der Waals surface area contributed by atoms with Crippen LogP contribution in [0.25, 0.3) is 6.08 Å². The van der Waals surface area contributed by atoms with Crippen LogP contribution in [0.3, 0.4) is 0 Å². The van der Waals surface area contributed by atoms with Crippen LogP contribution in [0.4, 0.5) is 4.39 Å². The summed E-state index contributed by atoms with van der Waals surface area (Å²) in [5.74, 6) is 0.481. The topological polar surface area (TPSA) is 35.5 Å². The van der Waals surface area contributed by atoms with Gasteiger partial charge in [-0.05, 0) is 24.3 Å². The number of methoxy groups -OCH3 is 1. The summed E-state index contributed by atoms with van der Waals surface area (Å²) in [6, 6.07) is 11.2. The molecule has 0 spiro atoms. The summed E-state index contributed by atoms with van der Waals surface area (Å²) < 4.78 is 24.1. The summed E-state index contributed by atoms with van der Waals surface area (Å²) in [5, 5.41) is 0. The molecule has 0 saturated heterocycles. The number of halogens is 1. The van der Waals surface area contributed by atoms with Crippen LogP contribution < -0.4 is 9.47 Å². The Morgan fingerprint density at radius 1 is 1.20 bits per heavy atom. The molecule has 3 nitrogen and oxygen atoms in total. The molecule has 0 radical (unpaired) electrons. The number of rotatable bonds is 2. The highest BCUT2D eigenvalue weighted by Crippen LogP contribution is 2.34. The number of Topliss-reactive ketones (excluding diaryl/α,β-unsaturated/α-hetero) is 1. The lowest BCUT2D eigenvalue weighted by Gasteiger charge is -2.01. The van der Waals surface area contributed by atoms with Crippen molar-refractivity contribution in [2.24, 2.45) is 0 Å². The number of hydrogen-bond acceptors (Lipinski definition) is 3. The van der Waals surface area contributed by atoms with E-state index in [-0.39, 0.29) is 11.5 Å². The van der Waals surface area contributed by atoms with Crippen molar-refractivity contribution < 1.29 is 18.7 Å². The standard InChI is InChI=1S/C16H11FO3/c1-19-11-6-7-12-14(9-11)20-15(16(12)18)8-10-4-2-3-5-13(10)17/h2-9H,1H3/b15-8-. The van der Waals surface area contributed by atoms with Crippen molar-refractivity contribution in [1.29, 1.82) is 0 Å². The normalized spacial score (nSPS) is 15.1. The molecule has 100 valence electrons. The quantitative estimate of drug-likeness (QED) is 0.784. The van der Waals surface area contributed by atoms with Gasteiger partial charge in [0, 0.05) is 11.6 Å². The number of ether oxygens (including phenoxy) is 2. The Labute approximate surface area is 115 Å². The van der Waals surface area contributed by atoms with Gasteiger partial charge >= 0.3 is 0 Å². The highest BCUT2D eigenvalue weighted by molar-refractivity contribution is 6.14. The van der Waals surface area contributed by atoms with Gasteiger partial charge in [-0.25, -0.2) is 4.39 Å². The summed E-state index contributed by atoms with van der Waals surface area (Å²) in [7, 11) is 1.54. The lowest BCUT2D eigenvalue weighted by atomic mass is 10.1. The van der Waals surface area contributed by atoms with Gasteiger partial charge in [-0.1, -0.05) is 18.2 Å². The molecule has 1 aliphatic heterocycles. The molecule has 0 aliphatic carbocycles. The van der Waals surface area contributed by atoms with Crippen molar-refractivity contribution in [3.63, 3.8) is 0 Å². The number of benzene rings is 2. The molecule has 0 atom stereocenters. The first-order valence-electron chi connectivity index (χ1n) is 6.06.